The van der Waals surface area contributed by atoms with E-state index in [-0.39, 0.29) is 12.5 Å². The van der Waals surface area contributed by atoms with Crippen molar-refractivity contribution >= 4 is 23.6 Å². The Morgan fingerprint density at radius 2 is 1.91 bits per heavy atom. The smallest absolute Gasteiger partial charge is 0.241 e. The summed E-state index contributed by atoms with van der Waals surface area (Å²) in [6.45, 7) is 6.42. The summed E-state index contributed by atoms with van der Waals surface area (Å²) >= 11 is 1.73. The van der Waals surface area contributed by atoms with E-state index in [1.54, 1.807) is 11.8 Å². The van der Waals surface area contributed by atoms with Crippen LogP contribution in [0.15, 0.2) is 34.2 Å². The highest BCUT2D eigenvalue weighted by molar-refractivity contribution is 7.98. The maximum atomic E-state index is 11.7. The van der Waals surface area contributed by atoms with Gasteiger partial charge in [-0.15, -0.1) is 11.8 Å². The zero-order chi connectivity index (χ0) is 17.1. The predicted octanol–water partition coefficient (Wildman–Crippen LogP) is 2.33. The fraction of sp³-hybridized carbons (Fsp3) is 0.529. The molecule has 0 aliphatic heterocycles. The number of rotatable bonds is 8. The van der Waals surface area contributed by atoms with Gasteiger partial charge in [0.1, 0.15) is 6.54 Å². The van der Waals surface area contributed by atoms with Crippen molar-refractivity contribution < 1.29 is 4.79 Å². The van der Waals surface area contributed by atoms with Crippen LogP contribution in [0.2, 0.25) is 0 Å². The third-order valence-electron chi connectivity index (χ3n) is 3.22. The van der Waals surface area contributed by atoms with E-state index in [9.17, 15) is 4.79 Å². The molecule has 0 spiro atoms. The first kappa shape index (κ1) is 19.4. The highest BCUT2D eigenvalue weighted by atomic mass is 32.2. The van der Waals surface area contributed by atoms with E-state index in [1.807, 2.05) is 25.8 Å². The zero-order valence-electron chi connectivity index (χ0n) is 14.6. The average molecular weight is 337 g/mol. The van der Waals surface area contributed by atoms with Gasteiger partial charge in [-0.1, -0.05) is 19.1 Å². The van der Waals surface area contributed by atoms with E-state index in [1.165, 1.54) is 10.5 Å². The van der Waals surface area contributed by atoms with E-state index in [0.29, 0.717) is 6.54 Å². The fourth-order valence-electron chi connectivity index (χ4n) is 2.02. The number of nitrogens with one attached hydrogen (secondary N) is 2. The number of amides is 1. The molecule has 0 aliphatic rings. The van der Waals surface area contributed by atoms with Crippen LogP contribution in [0.3, 0.4) is 0 Å². The molecule has 0 heterocycles. The van der Waals surface area contributed by atoms with Crippen molar-refractivity contribution in [3.63, 3.8) is 0 Å². The maximum Gasteiger partial charge on any atom is 0.241 e. The van der Waals surface area contributed by atoms with E-state index in [2.05, 4.69) is 46.1 Å². The van der Waals surface area contributed by atoms with Gasteiger partial charge in [0.2, 0.25) is 5.91 Å². The van der Waals surface area contributed by atoms with Gasteiger partial charge in [0, 0.05) is 31.6 Å². The van der Waals surface area contributed by atoms with Gasteiger partial charge in [-0.25, -0.2) is 4.99 Å². The van der Waals surface area contributed by atoms with Crippen molar-refractivity contribution in [2.24, 2.45) is 4.99 Å². The lowest BCUT2D eigenvalue weighted by Gasteiger charge is -2.22. The molecule has 1 amide bonds. The topological polar surface area (TPSA) is 56.7 Å². The lowest BCUT2D eigenvalue weighted by atomic mass is 10.2. The molecule has 0 atom stereocenters. The first-order valence-corrected chi connectivity index (χ1v) is 9.22. The molecule has 0 unspecified atom stereocenters. The fourth-order valence-corrected chi connectivity index (χ4v) is 2.42. The second kappa shape index (κ2) is 10.9. The number of carbonyl (C=O) groups excluding carboxylic acids is 1. The number of guanidine groups is 1. The Labute approximate surface area is 143 Å². The van der Waals surface area contributed by atoms with Crippen LogP contribution in [0.5, 0.6) is 0 Å². The first-order chi connectivity index (χ1) is 11.1. The number of nitrogens with zero attached hydrogens (tertiary/aromatic N) is 2. The summed E-state index contributed by atoms with van der Waals surface area (Å²) in [4.78, 5) is 19.4. The lowest BCUT2D eigenvalue weighted by Crippen LogP contribution is -2.39. The summed E-state index contributed by atoms with van der Waals surface area (Å²) in [5.41, 5.74) is 1.21. The Kier molecular flexibility index (Phi) is 9.21. The maximum absolute atomic E-state index is 11.7. The number of aliphatic imine (C=N–C) groups is 1. The van der Waals surface area contributed by atoms with Crippen LogP contribution in [-0.2, 0) is 11.3 Å². The van der Waals surface area contributed by atoms with Crippen LogP contribution in [0.4, 0.5) is 0 Å². The van der Waals surface area contributed by atoms with Crippen LogP contribution in [0.25, 0.3) is 0 Å². The summed E-state index contributed by atoms with van der Waals surface area (Å²) in [6.07, 6.45) is 3.00. The van der Waals surface area contributed by atoms with Crippen molar-refractivity contribution in [2.75, 3.05) is 32.9 Å². The molecule has 0 bridgehead atoms. The average Bonchev–Trinajstić information content (AvgIpc) is 2.57. The number of hydrogen-bond donors (Lipinski definition) is 2. The molecular weight excluding hydrogens is 308 g/mol. The minimum atomic E-state index is -0.0417. The van der Waals surface area contributed by atoms with Crippen molar-refractivity contribution in [3.8, 4) is 0 Å². The van der Waals surface area contributed by atoms with Crippen molar-refractivity contribution in [1.29, 1.82) is 0 Å². The van der Waals surface area contributed by atoms with E-state index in [4.69, 9.17) is 0 Å². The normalized spacial score (nSPS) is 11.2. The molecule has 1 aromatic carbocycles. The van der Waals surface area contributed by atoms with Crippen LogP contribution >= 0.6 is 11.8 Å². The van der Waals surface area contributed by atoms with E-state index >= 15 is 0 Å². The van der Waals surface area contributed by atoms with Gasteiger partial charge < -0.3 is 15.5 Å². The Hall–Kier alpha value is -1.69. The van der Waals surface area contributed by atoms with Gasteiger partial charge in [-0.2, -0.15) is 0 Å². The van der Waals surface area contributed by atoms with Gasteiger partial charge in [0.15, 0.2) is 5.96 Å². The molecule has 23 heavy (non-hydrogen) atoms. The minimum Gasteiger partial charge on any atom is -0.357 e. The molecule has 0 aliphatic carbocycles. The van der Waals surface area contributed by atoms with Crippen LogP contribution in [0, 0.1) is 0 Å². The first-order valence-electron chi connectivity index (χ1n) is 7.99. The summed E-state index contributed by atoms with van der Waals surface area (Å²) in [6, 6.07) is 8.49. The van der Waals surface area contributed by atoms with Crippen LogP contribution in [-0.4, -0.2) is 49.7 Å². The predicted molar refractivity (Wildman–Crippen MR) is 99.0 cm³/mol. The van der Waals surface area contributed by atoms with Gasteiger partial charge in [-0.3, -0.25) is 4.79 Å². The van der Waals surface area contributed by atoms with Crippen molar-refractivity contribution in [2.45, 2.75) is 31.7 Å². The van der Waals surface area contributed by atoms with Gasteiger partial charge >= 0.3 is 0 Å². The summed E-state index contributed by atoms with van der Waals surface area (Å²) in [7, 11) is 1.98. The molecule has 0 saturated heterocycles. The molecule has 1 rings (SSSR count). The summed E-state index contributed by atoms with van der Waals surface area (Å²) < 4.78 is 0. The molecule has 5 nitrogen and oxygen atoms in total. The molecular formula is C17H28N4OS. The quantitative estimate of drug-likeness (QED) is 0.435. The van der Waals surface area contributed by atoms with E-state index in [0.717, 1.165) is 25.5 Å². The summed E-state index contributed by atoms with van der Waals surface area (Å²) in [5, 5.41) is 6.06. The molecule has 128 valence electrons. The number of carbonyl (C=O) groups is 1. The Morgan fingerprint density at radius 1 is 1.22 bits per heavy atom. The molecule has 0 aromatic heterocycles. The molecule has 6 heteroatoms. The largest absolute Gasteiger partial charge is 0.357 e. The third-order valence-corrected chi connectivity index (χ3v) is 3.96. The molecule has 2 N–H and O–H groups in total. The molecule has 0 saturated carbocycles. The second-order valence-corrected chi connectivity index (χ2v) is 6.10. The Morgan fingerprint density at radius 3 is 2.48 bits per heavy atom. The van der Waals surface area contributed by atoms with E-state index < -0.39 is 0 Å². The zero-order valence-corrected chi connectivity index (χ0v) is 15.4. The SMILES string of the molecule is CCCNC(=O)CN=C(NCC)N(C)Cc1ccc(SC)cc1. The Bertz CT molecular complexity index is 502. The molecule has 0 radical (unpaired) electrons. The highest BCUT2D eigenvalue weighted by Crippen LogP contribution is 2.15. The highest BCUT2D eigenvalue weighted by Gasteiger charge is 2.08. The second-order valence-electron chi connectivity index (χ2n) is 5.22. The van der Waals surface area contributed by atoms with Crippen LogP contribution < -0.4 is 10.6 Å². The van der Waals surface area contributed by atoms with Crippen molar-refractivity contribution in [3.05, 3.63) is 29.8 Å². The van der Waals surface area contributed by atoms with Crippen LogP contribution in [0.1, 0.15) is 25.8 Å². The van der Waals surface area contributed by atoms with Gasteiger partial charge in [0.05, 0.1) is 0 Å². The Balaban J connectivity index is 2.64. The summed E-state index contributed by atoms with van der Waals surface area (Å²) in [5.74, 6) is 0.702. The molecule has 1 aromatic rings. The number of thioether (sulfide) groups is 1. The number of hydrogen-bond acceptors (Lipinski definition) is 3. The molecule has 0 fully saturated rings. The third kappa shape index (κ3) is 7.41. The standard InChI is InChI=1S/C17H28N4OS/c1-5-11-19-16(22)12-20-17(18-6-2)21(3)13-14-7-9-15(23-4)10-8-14/h7-10H,5-6,11-13H2,1-4H3,(H,18,20)(H,19,22). The number of benzene rings is 1. The lowest BCUT2D eigenvalue weighted by molar-refractivity contribution is -0.119. The van der Waals surface area contributed by atoms with Crippen molar-refractivity contribution in [1.82, 2.24) is 15.5 Å². The van der Waals surface area contributed by atoms with Gasteiger partial charge in [0.25, 0.3) is 0 Å². The monoisotopic (exact) mass is 336 g/mol. The van der Waals surface area contributed by atoms with Gasteiger partial charge in [-0.05, 0) is 37.3 Å². The minimum absolute atomic E-state index is 0.0417.